The van der Waals surface area contributed by atoms with Gasteiger partial charge in [-0.25, -0.2) is 9.97 Å². The van der Waals surface area contributed by atoms with Gasteiger partial charge in [0, 0.05) is 56.5 Å². The molecule has 6 nitrogen and oxygen atoms in total. The Balaban J connectivity index is 1.45. The van der Waals surface area contributed by atoms with Gasteiger partial charge < -0.3 is 19.2 Å². The number of aryl methyl sites for hydroxylation is 1. The lowest BCUT2D eigenvalue weighted by atomic mass is 9.99. The summed E-state index contributed by atoms with van der Waals surface area (Å²) in [5.41, 5.74) is 2.05. The Labute approximate surface area is 136 Å². The number of rotatable bonds is 3. The molecule has 0 spiro atoms. The molecule has 0 radical (unpaired) electrons. The van der Waals surface area contributed by atoms with Crippen molar-refractivity contribution >= 4 is 0 Å². The molecule has 0 aromatic carbocycles. The van der Waals surface area contributed by atoms with Crippen LogP contribution in [0.15, 0.2) is 18.7 Å². The second-order valence-electron chi connectivity index (χ2n) is 6.64. The third kappa shape index (κ3) is 2.93. The fourth-order valence-corrected chi connectivity index (χ4v) is 3.95. The number of nitrogens with zero attached hydrogens (tertiary/aromatic N) is 4. The third-order valence-corrected chi connectivity index (χ3v) is 5.31. The predicted molar refractivity (Wildman–Crippen MR) is 88.2 cm³/mol. The van der Waals surface area contributed by atoms with E-state index >= 15 is 0 Å². The van der Waals surface area contributed by atoms with Crippen molar-refractivity contribution in [2.75, 3.05) is 26.3 Å². The van der Waals surface area contributed by atoms with Gasteiger partial charge in [-0.05, 0) is 32.6 Å². The molecule has 2 saturated heterocycles. The lowest BCUT2D eigenvalue weighted by Gasteiger charge is -2.39. The summed E-state index contributed by atoms with van der Waals surface area (Å²) in [6.45, 7) is 6.25. The molecule has 0 unspecified atom stereocenters. The Morgan fingerprint density at radius 1 is 1.09 bits per heavy atom. The molecular weight excluding hydrogens is 290 g/mol. The molecule has 2 aromatic heterocycles. The van der Waals surface area contributed by atoms with E-state index in [0.717, 1.165) is 36.5 Å². The number of hydrogen-bond donors (Lipinski definition) is 1. The number of ether oxygens (including phenoxy) is 1. The molecule has 2 aliphatic heterocycles. The number of imidazole rings is 2. The van der Waals surface area contributed by atoms with Crippen LogP contribution in [-0.2, 0) is 4.74 Å². The largest absolute Gasteiger partial charge is 0.381 e. The minimum atomic E-state index is 0.527. The van der Waals surface area contributed by atoms with E-state index in [2.05, 4.69) is 37.5 Å². The van der Waals surface area contributed by atoms with Gasteiger partial charge >= 0.3 is 0 Å². The Hall–Kier alpha value is -1.66. The summed E-state index contributed by atoms with van der Waals surface area (Å²) in [6.07, 6.45) is 10.5. The van der Waals surface area contributed by atoms with Crippen molar-refractivity contribution in [2.45, 2.75) is 44.7 Å². The lowest BCUT2D eigenvalue weighted by Crippen LogP contribution is -2.44. The second-order valence-corrected chi connectivity index (χ2v) is 6.64. The van der Waals surface area contributed by atoms with Crippen LogP contribution in [0.1, 0.15) is 37.4 Å². The average Bonchev–Trinajstić information content (AvgIpc) is 3.24. The van der Waals surface area contributed by atoms with E-state index in [9.17, 15) is 0 Å². The van der Waals surface area contributed by atoms with E-state index < -0.39 is 0 Å². The summed E-state index contributed by atoms with van der Waals surface area (Å²) in [7, 11) is 0. The van der Waals surface area contributed by atoms with Crippen molar-refractivity contribution in [2.24, 2.45) is 0 Å². The van der Waals surface area contributed by atoms with E-state index in [1.165, 1.54) is 38.8 Å². The van der Waals surface area contributed by atoms with Gasteiger partial charge in [-0.3, -0.25) is 0 Å². The smallest absolute Gasteiger partial charge is 0.160 e. The first-order valence-electron chi connectivity index (χ1n) is 8.68. The zero-order chi connectivity index (χ0) is 15.6. The highest BCUT2D eigenvalue weighted by atomic mass is 16.5. The molecular formula is C17H25N5O. The topological polar surface area (TPSA) is 59.0 Å². The SMILES string of the molecule is Cc1[nH]cnc1-c1nccn1C1CCN(C2CCOCC2)CC1. The Kier molecular flexibility index (Phi) is 4.18. The van der Waals surface area contributed by atoms with E-state index in [1.54, 1.807) is 6.33 Å². The molecule has 1 N–H and O–H groups in total. The summed E-state index contributed by atoms with van der Waals surface area (Å²) in [4.78, 5) is 14.8. The van der Waals surface area contributed by atoms with Crippen molar-refractivity contribution in [3.05, 3.63) is 24.4 Å². The minimum absolute atomic E-state index is 0.527. The van der Waals surface area contributed by atoms with E-state index in [-0.39, 0.29) is 0 Å². The number of likely N-dealkylation sites (tertiary alicyclic amines) is 1. The van der Waals surface area contributed by atoms with Crippen molar-refractivity contribution in [3.8, 4) is 11.5 Å². The monoisotopic (exact) mass is 315 g/mol. The van der Waals surface area contributed by atoms with Crippen LogP contribution in [0.5, 0.6) is 0 Å². The van der Waals surface area contributed by atoms with Crippen molar-refractivity contribution in [3.63, 3.8) is 0 Å². The van der Waals surface area contributed by atoms with Gasteiger partial charge in [-0.2, -0.15) is 0 Å². The van der Waals surface area contributed by atoms with Crippen LogP contribution in [0.4, 0.5) is 0 Å². The standard InChI is InChI=1S/C17H25N5O/c1-13-16(20-12-19-13)17-18-6-9-22(17)15-2-7-21(8-3-15)14-4-10-23-11-5-14/h6,9,12,14-15H,2-5,7-8,10-11H2,1H3,(H,19,20). The van der Waals surface area contributed by atoms with Crippen LogP contribution in [0.25, 0.3) is 11.5 Å². The van der Waals surface area contributed by atoms with Crippen molar-refractivity contribution < 1.29 is 4.74 Å². The zero-order valence-corrected chi connectivity index (χ0v) is 13.7. The van der Waals surface area contributed by atoms with Crippen LogP contribution in [0.3, 0.4) is 0 Å². The van der Waals surface area contributed by atoms with Crippen LogP contribution in [0.2, 0.25) is 0 Å². The number of hydrogen-bond acceptors (Lipinski definition) is 4. The Bertz CT molecular complexity index is 635. The molecule has 2 fully saturated rings. The van der Waals surface area contributed by atoms with Crippen molar-refractivity contribution in [1.29, 1.82) is 0 Å². The summed E-state index contributed by atoms with van der Waals surface area (Å²) < 4.78 is 7.81. The first-order valence-corrected chi connectivity index (χ1v) is 8.68. The summed E-state index contributed by atoms with van der Waals surface area (Å²) in [5, 5.41) is 0. The summed E-state index contributed by atoms with van der Waals surface area (Å²) in [5.74, 6) is 0.994. The van der Waals surface area contributed by atoms with Gasteiger partial charge in [0.15, 0.2) is 5.82 Å². The first kappa shape index (κ1) is 14.9. The van der Waals surface area contributed by atoms with E-state index in [1.807, 2.05) is 6.20 Å². The van der Waals surface area contributed by atoms with Gasteiger partial charge in [0.2, 0.25) is 0 Å². The Morgan fingerprint density at radius 3 is 2.57 bits per heavy atom. The molecule has 23 heavy (non-hydrogen) atoms. The molecule has 0 aliphatic carbocycles. The van der Waals surface area contributed by atoms with Crippen LogP contribution in [0, 0.1) is 6.92 Å². The lowest BCUT2D eigenvalue weighted by molar-refractivity contribution is 0.0220. The molecule has 0 bridgehead atoms. The molecule has 4 rings (SSSR count). The number of H-pyrrole nitrogens is 1. The highest BCUT2D eigenvalue weighted by Crippen LogP contribution is 2.30. The summed E-state index contributed by atoms with van der Waals surface area (Å²) in [6, 6.07) is 1.25. The molecule has 6 heteroatoms. The number of piperidine rings is 1. The molecule has 2 aliphatic rings. The molecule has 0 amide bonds. The van der Waals surface area contributed by atoms with E-state index in [4.69, 9.17) is 4.74 Å². The predicted octanol–water partition coefficient (Wildman–Crippen LogP) is 2.40. The van der Waals surface area contributed by atoms with E-state index in [0.29, 0.717) is 6.04 Å². The van der Waals surface area contributed by atoms with Gasteiger partial charge in [-0.1, -0.05) is 0 Å². The quantitative estimate of drug-likeness (QED) is 0.945. The van der Waals surface area contributed by atoms with Crippen LogP contribution in [-0.4, -0.2) is 56.8 Å². The number of aromatic nitrogens is 4. The normalized spacial score (nSPS) is 21.8. The van der Waals surface area contributed by atoms with Crippen LogP contribution >= 0.6 is 0 Å². The van der Waals surface area contributed by atoms with Gasteiger partial charge in [0.05, 0.1) is 6.33 Å². The van der Waals surface area contributed by atoms with Crippen molar-refractivity contribution in [1.82, 2.24) is 24.4 Å². The number of nitrogens with one attached hydrogen (secondary N) is 1. The molecule has 0 saturated carbocycles. The maximum Gasteiger partial charge on any atom is 0.160 e. The maximum absolute atomic E-state index is 5.49. The second kappa shape index (κ2) is 6.45. The number of aromatic amines is 1. The van der Waals surface area contributed by atoms with Gasteiger partial charge in [0.1, 0.15) is 5.69 Å². The maximum atomic E-state index is 5.49. The fraction of sp³-hybridized carbons (Fsp3) is 0.647. The molecule has 124 valence electrons. The fourth-order valence-electron chi connectivity index (χ4n) is 3.95. The van der Waals surface area contributed by atoms with Crippen LogP contribution < -0.4 is 0 Å². The highest BCUT2D eigenvalue weighted by molar-refractivity contribution is 5.53. The zero-order valence-electron chi connectivity index (χ0n) is 13.7. The Morgan fingerprint density at radius 2 is 1.87 bits per heavy atom. The molecule has 0 atom stereocenters. The van der Waals surface area contributed by atoms with Gasteiger partial charge in [-0.15, -0.1) is 0 Å². The summed E-state index contributed by atoms with van der Waals surface area (Å²) >= 11 is 0. The molecule has 4 heterocycles. The third-order valence-electron chi connectivity index (χ3n) is 5.31. The highest BCUT2D eigenvalue weighted by Gasteiger charge is 2.28. The first-order chi connectivity index (χ1) is 11.3. The minimum Gasteiger partial charge on any atom is -0.381 e. The van der Waals surface area contributed by atoms with Gasteiger partial charge in [0.25, 0.3) is 0 Å². The molecule has 2 aromatic rings. The average molecular weight is 315 g/mol.